The summed E-state index contributed by atoms with van der Waals surface area (Å²) in [5.74, 6) is -3.18. The number of carboxylic acid groups (broad SMARTS) is 1. The molecule has 0 aliphatic rings. The molecule has 0 spiro atoms. The van der Waals surface area contributed by atoms with Crippen LogP contribution in [0.4, 0.5) is 13.2 Å². The van der Waals surface area contributed by atoms with Gasteiger partial charge in [-0.2, -0.15) is 13.2 Å². The Morgan fingerprint density at radius 2 is 1.72 bits per heavy atom. The van der Waals surface area contributed by atoms with Gasteiger partial charge in [-0.3, -0.25) is 9.59 Å². The van der Waals surface area contributed by atoms with E-state index in [2.05, 4.69) is 0 Å². The summed E-state index contributed by atoms with van der Waals surface area (Å²) in [5, 5.41) is 8.79. The molecule has 3 nitrogen and oxygen atoms in total. The van der Waals surface area contributed by atoms with E-state index in [0.29, 0.717) is 0 Å². The van der Waals surface area contributed by atoms with Crippen molar-refractivity contribution in [3.63, 3.8) is 0 Å². The number of rotatable bonds is 4. The number of benzene rings is 1. The molecule has 18 heavy (non-hydrogen) atoms. The van der Waals surface area contributed by atoms with Crippen molar-refractivity contribution < 1.29 is 27.9 Å². The Balaban J connectivity index is 2.99. The SMILES string of the molecule is CC[C@H](C(=O)O)C(=O)c1ccc(C(F)(F)F)cc1. The molecule has 1 rings (SSSR count). The van der Waals surface area contributed by atoms with Crippen molar-refractivity contribution in [1.29, 1.82) is 0 Å². The fourth-order valence-corrected chi connectivity index (χ4v) is 1.50. The zero-order valence-electron chi connectivity index (χ0n) is 9.49. The number of hydrogen-bond donors (Lipinski definition) is 1. The third-order valence-electron chi connectivity index (χ3n) is 2.52. The lowest BCUT2D eigenvalue weighted by atomic mass is 9.95. The zero-order valence-corrected chi connectivity index (χ0v) is 9.49. The molecule has 0 aliphatic carbocycles. The quantitative estimate of drug-likeness (QED) is 0.668. The van der Waals surface area contributed by atoms with Crippen LogP contribution >= 0.6 is 0 Å². The first-order valence-electron chi connectivity index (χ1n) is 5.21. The predicted octanol–water partition coefficient (Wildman–Crippen LogP) is 3.00. The highest BCUT2D eigenvalue weighted by Crippen LogP contribution is 2.29. The highest BCUT2D eigenvalue weighted by atomic mass is 19.4. The Labute approximate surface area is 101 Å². The van der Waals surface area contributed by atoms with Crippen LogP contribution in [0.1, 0.15) is 29.3 Å². The van der Waals surface area contributed by atoms with E-state index in [1.807, 2.05) is 0 Å². The van der Waals surface area contributed by atoms with E-state index >= 15 is 0 Å². The molecule has 0 bridgehead atoms. The van der Waals surface area contributed by atoms with Gasteiger partial charge in [0.1, 0.15) is 5.92 Å². The topological polar surface area (TPSA) is 54.4 Å². The average molecular weight is 260 g/mol. The van der Waals surface area contributed by atoms with Gasteiger partial charge >= 0.3 is 12.1 Å². The molecule has 0 aliphatic heterocycles. The summed E-state index contributed by atoms with van der Waals surface area (Å²) in [5.41, 5.74) is -0.903. The van der Waals surface area contributed by atoms with Crippen LogP contribution in [0, 0.1) is 5.92 Å². The van der Waals surface area contributed by atoms with Gasteiger partial charge in [0, 0.05) is 5.56 Å². The molecule has 0 fully saturated rings. The summed E-state index contributed by atoms with van der Waals surface area (Å²) in [7, 11) is 0. The van der Waals surface area contributed by atoms with Crippen LogP contribution in [0.3, 0.4) is 0 Å². The number of halogens is 3. The number of aliphatic carboxylic acids is 1. The first-order chi connectivity index (χ1) is 8.27. The van der Waals surface area contributed by atoms with Gasteiger partial charge in [-0.15, -0.1) is 0 Å². The van der Waals surface area contributed by atoms with Gasteiger partial charge in [-0.25, -0.2) is 0 Å². The van der Waals surface area contributed by atoms with Gasteiger partial charge in [0.05, 0.1) is 5.56 Å². The largest absolute Gasteiger partial charge is 0.481 e. The van der Waals surface area contributed by atoms with Gasteiger partial charge in [-0.05, 0) is 18.6 Å². The lowest BCUT2D eigenvalue weighted by molar-refractivity contribution is -0.140. The smallest absolute Gasteiger partial charge is 0.416 e. The zero-order chi connectivity index (χ0) is 13.9. The Kier molecular flexibility index (Phi) is 4.11. The number of carbonyl (C=O) groups excluding carboxylic acids is 1. The molecule has 1 N–H and O–H groups in total. The minimum atomic E-state index is -4.47. The van der Waals surface area contributed by atoms with E-state index in [4.69, 9.17) is 5.11 Å². The summed E-state index contributed by atoms with van der Waals surface area (Å²) < 4.78 is 36.9. The number of alkyl halides is 3. The highest BCUT2D eigenvalue weighted by molar-refractivity contribution is 6.08. The maximum absolute atomic E-state index is 12.3. The second-order valence-electron chi connectivity index (χ2n) is 3.74. The molecule has 98 valence electrons. The Morgan fingerprint density at radius 1 is 1.22 bits per heavy atom. The van der Waals surface area contributed by atoms with Crippen molar-refractivity contribution in [1.82, 2.24) is 0 Å². The van der Waals surface area contributed by atoms with E-state index in [0.717, 1.165) is 24.3 Å². The summed E-state index contributed by atoms with van der Waals surface area (Å²) in [4.78, 5) is 22.5. The molecule has 0 amide bonds. The maximum Gasteiger partial charge on any atom is 0.416 e. The molecule has 1 aromatic rings. The molecular weight excluding hydrogens is 249 g/mol. The minimum Gasteiger partial charge on any atom is -0.481 e. The van der Waals surface area contributed by atoms with Crippen molar-refractivity contribution in [2.45, 2.75) is 19.5 Å². The van der Waals surface area contributed by atoms with Gasteiger partial charge in [0.25, 0.3) is 0 Å². The molecule has 0 saturated carbocycles. The fraction of sp³-hybridized carbons (Fsp3) is 0.333. The summed E-state index contributed by atoms with van der Waals surface area (Å²) in [6.07, 6.45) is -4.38. The lowest BCUT2D eigenvalue weighted by Crippen LogP contribution is -2.23. The Bertz CT molecular complexity index is 449. The minimum absolute atomic E-state index is 0.0303. The predicted molar refractivity (Wildman–Crippen MR) is 57.2 cm³/mol. The number of ketones is 1. The van der Waals surface area contributed by atoms with E-state index in [9.17, 15) is 22.8 Å². The number of hydrogen-bond acceptors (Lipinski definition) is 2. The molecule has 0 radical (unpaired) electrons. The number of carbonyl (C=O) groups is 2. The van der Waals surface area contributed by atoms with Crippen molar-refractivity contribution >= 4 is 11.8 Å². The fourth-order valence-electron chi connectivity index (χ4n) is 1.50. The van der Waals surface area contributed by atoms with E-state index < -0.39 is 29.4 Å². The molecule has 0 unspecified atom stereocenters. The second kappa shape index (κ2) is 5.20. The molecule has 0 saturated heterocycles. The Morgan fingerprint density at radius 3 is 2.06 bits per heavy atom. The number of carboxylic acids is 1. The van der Waals surface area contributed by atoms with Crippen LogP contribution in [0.2, 0.25) is 0 Å². The van der Waals surface area contributed by atoms with Crippen LogP contribution in [-0.4, -0.2) is 16.9 Å². The molecule has 6 heteroatoms. The molecule has 1 atom stereocenters. The third kappa shape index (κ3) is 3.09. The van der Waals surface area contributed by atoms with Crippen molar-refractivity contribution in [3.8, 4) is 0 Å². The van der Waals surface area contributed by atoms with Gasteiger partial charge in [0.15, 0.2) is 5.78 Å². The summed E-state index contributed by atoms with van der Waals surface area (Å²) >= 11 is 0. The van der Waals surface area contributed by atoms with Gasteiger partial charge < -0.3 is 5.11 Å². The van der Waals surface area contributed by atoms with Crippen molar-refractivity contribution in [3.05, 3.63) is 35.4 Å². The highest BCUT2D eigenvalue weighted by Gasteiger charge is 2.31. The van der Waals surface area contributed by atoms with E-state index in [1.54, 1.807) is 0 Å². The molecule has 1 aromatic carbocycles. The van der Waals surface area contributed by atoms with Crippen LogP contribution in [0.15, 0.2) is 24.3 Å². The summed E-state index contributed by atoms with van der Waals surface area (Å²) in [6.45, 7) is 1.53. The average Bonchev–Trinajstić information content (AvgIpc) is 2.28. The maximum atomic E-state index is 12.3. The van der Waals surface area contributed by atoms with E-state index in [1.165, 1.54) is 6.92 Å². The first-order valence-corrected chi connectivity index (χ1v) is 5.21. The monoisotopic (exact) mass is 260 g/mol. The second-order valence-corrected chi connectivity index (χ2v) is 3.74. The molecular formula is C12H11F3O3. The Hall–Kier alpha value is -1.85. The van der Waals surface area contributed by atoms with Crippen LogP contribution < -0.4 is 0 Å². The van der Waals surface area contributed by atoms with Gasteiger partial charge in [-0.1, -0.05) is 19.1 Å². The lowest BCUT2D eigenvalue weighted by Gasteiger charge is -2.10. The van der Waals surface area contributed by atoms with Crippen molar-refractivity contribution in [2.24, 2.45) is 5.92 Å². The van der Waals surface area contributed by atoms with Crippen molar-refractivity contribution in [2.75, 3.05) is 0 Å². The standard InChI is InChI=1S/C12H11F3O3/c1-2-9(11(17)18)10(16)7-3-5-8(6-4-7)12(13,14)15/h3-6,9H,2H2,1H3,(H,17,18)/t9-/m0/s1. The molecule has 0 heterocycles. The third-order valence-corrected chi connectivity index (χ3v) is 2.52. The van der Waals surface area contributed by atoms with E-state index in [-0.39, 0.29) is 12.0 Å². The van der Waals surface area contributed by atoms with Crippen LogP contribution in [0.5, 0.6) is 0 Å². The van der Waals surface area contributed by atoms with Crippen LogP contribution in [0.25, 0.3) is 0 Å². The number of Topliss-reactive ketones (excluding diaryl/α,β-unsaturated/α-hetero) is 1. The van der Waals surface area contributed by atoms with Gasteiger partial charge in [0.2, 0.25) is 0 Å². The summed E-state index contributed by atoms with van der Waals surface area (Å²) in [6, 6.07) is 3.52. The van der Waals surface area contributed by atoms with Crippen LogP contribution in [-0.2, 0) is 11.0 Å². The first kappa shape index (κ1) is 14.2. The molecule has 0 aromatic heterocycles. The normalized spacial score (nSPS) is 13.1.